The monoisotopic (exact) mass is 374 g/mol. The normalized spacial score (nSPS) is 23.1. The highest BCUT2D eigenvalue weighted by Gasteiger charge is 2.30. The van der Waals surface area contributed by atoms with Crippen molar-refractivity contribution in [1.29, 1.82) is 5.26 Å². The third-order valence-corrected chi connectivity index (χ3v) is 5.32. The first kappa shape index (κ1) is 18.1. The highest BCUT2D eigenvalue weighted by atomic mass is 16.2. The first-order valence-electron chi connectivity index (χ1n) is 9.53. The van der Waals surface area contributed by atoms with Crippen molar-refractivity contribution in [3.8, 4) is 6.07 Å². The Morgan fingerprint density at radius 1 is 1.32 bits per heavy atom. The van der Waals surface area contributed by atoms with Gasteiger partial charge in [0.05, 0.1) is 0 Å². The number of aliphatic imine (C=N–C) groups is 1. The molecule has 2 aliphatic heterocycles. The van der Waals surface area contributed by atoms with Gasteiger partial charge in [0.15, 0.2) is 11.5 Å². The molecule has 0 spiro atoms. The Kier molecular flexibility index (Phi) is 4.78. The van der Waals surface area contributed by atoms with Crippen LogP contribution in [-0.4, -0.2) is 41.5 Å². The molecule has 0 saturated carbocycles. The second-order valence-electron chi connectivity index (χ2n) is 7.56. The molecular weight excluding hydrogens is 352 g/mol. The number of carbonyl (C=O) groups is 1. The van der Waals surface area contributed by atoms with Gasteiger partial charge in [0.2, 0.25) is 0 Å². The van der Waals surface area contributed by atoms with Crippen LogP contribution in [0.15, 0.2) is 52.2 Å². The number of fused-ring (bicyclic) bond motifs is 1. The number of carbonyl (C=O) groups excluding carboxylic acids is 1. The molecule has 1 aliphatic carbocycles. The maximum atomic E-state index is 12.8. The Bertz CT molecular complexity index is 948. The molecule has 1 aromatic rings. The number of hydrogen-bond donors (Lipinski definition) is 1. The highest BCUT2D eigenvalue weighted by molar-refractivity contribution is 5.99. The molecule has 7 nitrogen and oxygen atoms in total. The molecule has 0 aromatic carbocycles. The van der Waals surface area contributed by atoms with Crippen LogP contribution >= 0.6 is 0 Å². The number of allylic oxidation sites excluding steroid dienone is 5. The molecule has 4 rings (SSSR count). The quantitative estimate of drug-likeness (QED) is 0.871. The van der Waals surface area contributed by atoms with E-state index in [2.05, 4.69) is 51.4 Å². The number of hydrogen-bond acceptors (Lipinski definition) is 6. The van der Waals surface area contributed by atoms with E-state index in [1.165, 1.54) is 5.57 Å². The minimum atomic E-state index is -0.127. The van der Waals surface area contributed by atoms with Gasteiger partial charge in [-0.05, 0) is 35.6 Å². The third-order valence-electron chi connectivity index (χ3n) is 5.32. The van der Waals surface area contributed by atoms with Crippen LogP contribution in [0.4, 0.5) is 5.82 Å². The molecule has 1 aromatic heterocycles. The van der Waals surface area contributed by atoms with Crippen molar-refractivity contribution in [1.82, 2.24) is 15.5 Å². The number of nitrogens with one attached hydrogen (secondary N) is 1. The molecule has 3 heterocycles. The smallest absolute Gasteiger partial charge is 0.270 e. The molecule has 28 heavy (non-hydrogen) atoms. The average molecular weight is 374 g/mol. The summed E-state index contributed by atoms with van der Waals surface area (Å²) in [5.74, 6) is 1.15. The zero-order valence-corrected chi connectivity index (χ0v) is 16.0. The molecule has 1 amide bonds. The van der Waals surface area contributed by atoms with E-state index in [1.807, 2.05) is 18.4 Å². The number of amides is 1. The van der Waals surface area contributed by atoms with Crippen LogP contribution in [0.2, 0.25) is 0 Å². The zero-order chi connectivity index (χ0) is 19.7. The van der Waals surface area contributed by atoms with Crippen molar-refractivity contribution in [2.24, 2.45) is 16.8 Å². The molecule has 0 bridgehead atoms. The van der Waals surface area contributed by atoms with Crippen molar-refractivity contribution in [3.05, 3.63) is 52.9 Å². The minimum Gasteiger partial charge on any atom is -0.353 e. The standard InChI is InChI=1S/C21H22N6O/c1-13(2)14-3-5-18-15(9-14)11-23-20(18)21(28)24-17-7-8-27(12-17)19-6-4-16(10-22)25-26-19/h3-6,9,11,13,15,17H,7-8,12H2,1-2H3,(H,24,28). The summed E-state index contributed by atoms with van der Waals surface area (Å²) in [7, 11) is 0. The lowest BCUT2D eigenvalue weighted by Crippen LogP contribution is -2.38. The van der Waals surface area contributed by atoms with Crippen molar-refractivity contribution < 1.29 is 4.79 Å². The van der Waals surface area contributed by atoms with Gasteiger partial charge < -0.3 is 10.2 Å². The van der Waals surface area contributed by atoms with E-state index >= 15 is 0 Å². The van der Waals surface area contributed by atoms with Crippen molar-refractivity contribution in [2.45, 2.75) is 26.3 Å². The fraction of sp³-hybridized carbons (Fsp3) is 0.381. The zero-order valence-electron chi connectivity index (χ0n) is 16.0. The summed E-state index contributed by atoms with van der Waals surface area (Å²) in [6.07, 6.45) is 8.97. The van der Waals surface area contributed by atoms with Gasteiger partial charge in [0.25, 0.3) is 5.91 Å². The predicted octanol–water partition coefficient (Wildman–Crippen LogP) is 2.15. The molecule has 3 aliphatic rings. The van der Waals surface area contributed by atoms with E-state index in [0.29, 0.717) is 23.9 Å². The van der Waals surface area contributed by atoms with E-state index in [9.17, 15) is 4.79 Å². The predicted molar refractivity (Wildman–Crippen MR) is 107 cm³/mol. The van der Waals surface area contributed by atoms with Crippen molar-refractivity contribution in [2.75, 3.05) is 18.0 Å². The van der Waals surface area contributed by atoms with Crippen LogP contribution < -0.4 is 10.2 Å². The first-order chi connectivity index (χ1) is 13.5. The fourth-order valence-corrected chi connectivity index (χ4v) is 3.71. The summed E-state index contributed by atoms with van der Waals surface area (Å²) in [5.41, 5.74) is 3.05. The van der Waals surface area contributed by atoms with Crippen LogP contribution in [0.1, 0.15) is 26.0 Å². The van der Waals surface area contributed by atoms with Crippen molar-refractivity contribution >= 4 is 17.9 Å². The van der Waals surface area contributed by atoms with E-state index in [4.69, 9.17) is 5.26 Å². The largest absolute Gasteiger partial charge is 0.353 e. The summed E-state index contributed by atoms with van der Waals surface area (Å²) in [6.45, 7) is 5.77. The summed E-state index contributed by atoms with van der Waals surface area (Å²) in [6, 6.07) is 5.44. The average Bonchev–Trinajstić information content (AvgIpc) is 3.34. The molecule has 1 fully saturated rings. The summed E-state index contributed by atoms with van der Waals surface area (Å²) in [4.78, 5) is 19.2. The van der Waals surface area contributed by atoms with Crippen molar-refractivity contribution in [3.63, 3.8) is 0 Å². The maximum Gasteiger partial charge on any atom is 0.270 e. The second-order valence-corrected chi connectivity index (χ2v) is 7.56. The molecule has 1 N–H and O–H groups in total. The van der Waals surface area contributed by atoms with Crippen LogP contribution in [0.3, 0.4) is 0 Å². The van der Waals surface area contributed by atoms with Crippen LogP contribution in [0.5, 0.6) is 0 Å². The van der Waals surface area contributed by atoms with E-state index < -0.39 is 0 Å². The van der Waals surface area contributed by atoms with E-state index in [-0.39, 0.29) is 17.9 Å². The Labute approximate surface area is 164 Å². The number of anilines is 1. The lowest BCUT2D eigenvalue weighted by molar-refractivity contribution is -0.118. The Balaban J connectivity index is 1.40. The van der Waals surface area contributed by atoms with Gasteiger partial charge in [-0.15, -0.1) is 10.2 Å². The molecule has 2 unspecified atom stereocenters. The number of rotatable bonds is 4. The second kappa shape index (κ2) is 7.39. The number of aromatic nitrogens is 2. The molecule has 0 radical (unpaired) electrons. The number of nitrogens with zero attached hydrogens (tertiary/aromatic N) is 5. The Morgan fingerprint density at radius 2 is 2.18 bits per heavy atom. The third kappa shape index (κ3) is 3.46. The lowest BCUT2D eigenvalue weighted by Gasteiger charge is -2.18. The van der Waals surface area contributed by atoms with Crippen LogP contribution in [0.25, 0.3) is 0 Å². The van der Waals surface area contributed by atoms with E-state index in [1.54, 1.807) is 12.1 Å². The summed E-state index contributed by atoms with van der Waals surface area (Å²) < 4.78 is 0. The van der Waals surface area contributed by atoms with Gasteiger partial charge in [-0.2, -0.15) is 5.26 Å². The van der Waals surface area contributed by atoms with Gasteiger partial charge in [0, 0.05) is 31.3 Å². The fourth-order valence-electron chi connectivity index (χ4n) is 3.71. The van der Waals surface area contributed by atoms with Gasteiger partial charge in [-0.1, -0.05) is 32.1 Å². The van der Waals surface area contributed by atoms with Crippen LogP contribution in [-0.2, 0) is 4.79 Å². The summed E-state index contributed by atoms with van der Waals surface area (Å²) >= 11 is 0. The highest BCUT2D eigenvalue weighted by Crippen LogP contribution is 2.31. The molecule has 142 valence electrons. The SMILES string of the molecule is CC(C)C1=CC2C=NC(C(=O)NC3CCN(c4ccc(C#N)nn4)C3)=C2C=C1. The van der Waals surface area contributed by atoms with Gasteiger partial charge >= 0.3 is 0 Å². The Morgan fingerprint density at radius 3 is 2.89 bits per heavy atom. The maximum absolute atomic E-state index is 12.8. The van der Waals surface area contributed by atoms with E-state index in [0.717, 1.165) is 24.4 Å². The van der Waals surface area contributed by atoms with Gasteiger partial charge in [-0.3, -0.25) is 9.79 Å². The molecule has 2 atom stereocenters. The minimum absolute atomic E-state index is 0.0293. The summed E-state index contributed by atoms with van der Waals surface area (Å²) in [5, 5.41) is 19.9. The number of nitriles is 1. The first-order valence-corrected chi connectivity index (χ1v) is 9.53. The lowest BCUT2D eigenvalue weighted by atomic mass is 9.88. The molecule has 1 saturated heterocycles. The molecular formula is C21H22N6O. The topological polar surface area (TPSA) is 94.3 Å². The van der Waals surface area contributed by atoms with Gasteiger partial charge in [0.1, 0.15) is 11.8 Å². The molecule has 7 heteroatoms. The Hall–Kier alpha value is -3.27. The van der Waals surface area contributed by atoms with Gasteiger partial charge in [-0.25, -0.2) is 0 Å². The van der Waals surface area contributed by atoms with Crippen LogP contribution in [0, 0.1) is 23.2 Å².